The fourth-order valence-corrected chi connectivity index (χ4v) is 5.35. The molecule has 4 aromatic rings. The first-order valence-corrected chi connectivity index (χ1v) is 17.7. The zero-order chi connectivity index (χ0) is 30.8. The second-order valence-electron chi connectivity index (χ2n) is 13.9. The van der Waals surface area contributed by atoms with Crippen LogP contribution < -0.4 is 5.19 Å². The van der Waals surface area contributed by atoms with Gasteiger partial charge < -0.3 is 5.11 Å². The number of hydrogen-bond donors (Lipinski definition) is 1. The topological polar surface area (TPSA) is 63.1 Å². The molecule has 0 unspecified atom stereocenters. The third kappa shape index (κ3) is 9.29. The van der Waals surface area contributed by atoms with Gasteiger partial charge >= 0.3 is 0 Å². The number of allylic oxidation sites excluding steroid dienone is 2. The number of aromatic nitrogens is 2. The summed E-state index contributed by atoms with van der Waals surface area (Å²) >= 11 is 0. The van der Waals surface area contributed by atoms with Gasteiger partial charge in [0, 0.05) is 54.8 Å². The van der Waals surface area contributed by atoms with Gasteiger partial charge in [-0.05, 0) is 35.0 Å². The monoisotopic (exact) mass is 758 g/mol. The summed E-state index contributed by atoms with van der Waals surface area (Å²) in [5.74, 6) is 0.104. The van der Waals surface area contributed by atoms with E-state index in [1.807, 2.05) is 53.9 Å². The van der Waals surface area contributed by atoms with E-state index < -0.39 is 13.5 Å². The van der Waals surface area contributed by atoms with Crippen molar-refractivity contribution in [2.24, 2.45) is 10.8 Å². The molecule has 225 valence electrons. The Hall–Kier alpha value is -2.92. The maximum atomic E-state index is 11.5. The van der Waals surface area contributed by atoms with Gasteiger partial charge in [0.2, 0.25) is 0 Å². The van der Waals surface area contributed by atoms with Gasteiger partial charge in [-0.1, -0.05) is 98.4 Å². The third-order valence-electron chi connectivity index (χ3n) is 6.87. The number of fused-ring (bicyclic) bond motifs is 1. The van der Waals surface area contributed by atoms with Gasteiger partial charge in [0.05, 0.1) is 13.6 Å². The van der Waals surface area contributed by atoms with Crippen LogP contribution in [0, 0.1) is 30.7 Å². The van der Waals surface area contributed by atoms with Gasteiger partial charge in [-0.25, -0.2) is 0 Å². The Morgan fingerprint density at radius 1 is 0.881 bits per heavy atom. The number of aliphatic hydroxyl groups is 1. The van der Waals surface area contributed by atoms with Gasteiger partial charge in [-0.2, -0.15) is 0 Å². The fraction of sp³-hybridized carbons (Fsp3) is 0.361. The number of rotatable bonds is 4. The molecule has 0 aliphatic heterocycles. The zero-order valence-electron chi connectivity index (χ0n) is 26.9. The van der Waals surface area contributed by atoms with Crippen LogP contribution in [0.25, 0.3) is 33.3 Å². The maximum absolute atomic E-state index is 11.5. The first kappa shape index (κ1) is 35.3. The summed E-state index contributed by atoms with van der Waals surface area (Å²) in [6, 6.07) is 20.9. The summed E-state index contributed by atoms with van der Waals surface area (Å²) in [4.78, 5) is 20.7. The summed E-state index contributed by atoms with van der Waals surface area (Å²) in [6.07, 6.45) is 5.04. The summed E-state index contributed by atoms with van der Waals surface area (Å²) in [6.45, 7) is 22.5. The second kappa shape index (κ2) is 13.6. The van der Waals surface area contributed by atoms with Crippen LogP contribution in [0.1, 0.15) is 52.7 Å². The molecule has 4 nitrogen and oxygen atoms in total. The predicted molar refractivity (Wildman–Crippen MR) is 176 cm³/mol. The fourth-order valence-electron chi connectivity index (χ4n) is 4.19. The Bertz CT molecular complexity index is 1550. The molecule has 0 aliphatic carbocycles. The minimum atomic E-state index is -1.41. The molecule has 0 saturated heterocycles. The van der Waals surface area contributed by atoms with Crippen molar-refractivity contribution in [3.05, 3.63) is 90.0 Å². The number of ketones is 1. The van der Waals surface area contributed by atoms with Crippen LogP contribution in [-0.4, -0.2) is 28.9 Å². The number of carbonyl (C=O) groups excluding carboxylic acids is 1. The van der Waals surface area contributed by atoms with E-state index in [0.29, 0.717) is 0 Å². The Morgan fingerprint density at radius 3 is 2.02 bits per heavy atom. The van der Waals surface area contributed by atoms with Gasteiger partial charge in [-0.3, -0.25) is 14.8 Å². The van der Waals surface area contributed by atoms with E-state index in [-0.39, 0.29) is 37.1 Å². The standard InChI is InChI=1S/C25H25N2Si.C11H20O2.Ir/c1-17-12-18(2)14-20(13-17)25-16-22(19-8-10-26-11-9-19)23-15-21(28(3,4)5)6-7-24(23)27-25;1-10(2,3)8(12)7-9(13)11(4,5)6;/h6-13,15-16H,1-5H3;7,12H,1-6H3;/q-1;;/b;8-7-;. The van der Waals surface area contributed by atoms with Crippen molar-refractivity contribution in [3.8, 4) is 22.4 Å². The van der Waals surface area contributed by atoms with E-state index in [4.69, 9.17) is 4.98 Å². The Labute approximate surface area is 267 Å². The van der Waals surface area contributed by atoms with Crippen LogP contribution in [0.2, 0.25) is 19.6 Å². The van der Waals surface area contributed by atoms with Crippen LogP contribution in [0.15, 0.2) is 72.8 Å². The first-order chi connectivity index (χ1) is 18.9. The van der Waals surface area contributed by atoms with Crippen molar-refractivity contribution >= 4 is 29.9 Å². The summed E-state index contributed by atoms with van der Waals surface area (Å²) < 4.78 is 0. The van der Waals surface area contributed by atoms with Crippen LogP contribution >= 0.6 is 0 Å². The summed E-state index contributed by atoms with van der Waals surface area (Å²) in [7, 11) is -1.41. The molecule has 1 N–H and O–H groups in total. The van der Waals surface area contributed by atoms with Gasteiger partial charge in [-0.15, -0.1) is 34.9 Å². The van der Waals surface area contributed by atoms with Crippen molar-refractivity contribution in [1.29, 1.82) is 0 Å². The second-order valence-corrected chi connectivity index (χ2v) is 19.0. The third-order valence-corrected chi connectivity index (χ3v) is 8.91. The summed E-state index contributed by atoms with van der Waals surface area (Å²) in [5, 5.41) is 12.2. The van der Waals surface area contributed by atoms with Crippen molar-refractivity contribution in [2.75, 3.05) is 0 Å². The molecule has 0 fully saturated rings. The number of pyridine rings is 2. The van der Waals surface area contributed by atoms with E-state index in [9.17, 15) is 9.90 Å². The number of benzene rings is 2. The number of aliphatic hydroxyl groups excluding tert-OH is 1. The molecule has 4 rings (SSSR count). The van der Waals surface area contributed by atoms with E-state index in [1.165, 1.54) is 33.3 Å². The molecule has 2 aromatic carbocycles. The molecule has 0 spiro atoms. The molecule has 2 aromatic heterocycles. The van der Waals surface area contributed by atoms with Gasteiger partial charge in [0.15, 0.2) is 5.78 Å². The summed E-state index contributed by atoms with van der Waals surface area (Å²) in [5.41, 5.74) is 7.01. The van der Waals surface area contributed by atoms with Crippen molar-refractivity contribution in [3.63, 3.8) is 0 Å². The average molecular weight is 758 g/mol. The molecule has 0 bridgehead atoms. The quantitative estimate of drug-likeness (QED) is 0.0978. The van der Waals surface area contributed by atoms with Crippen LogP contribution in [0.5, 0.6) is 0 Å². The molecule has 0 atom stereocenters. The Morgan fingerprint density at radius 2 is 1.50 bits per heavy atom. The Kier molecular flexibility index (Phi) is 11.4. The molecule has 6 heteroatoms. The van der Waals surface area contributed by atoms with Crippen LogP contribution in [-0.2, 0) is 24.9 Å². The normalized spacial score (nSPS) is 12.3. The van der Waals surface area contributed by atoms with Crippen molar-refractivity contribution < 1.29 is 30.0 Å². The molecular formula is C36H45IrN2O2Si-. The first-order valence-electron chi connectivity index (χ1n) is 14.2. The van der Waals surface area contributed by atoms with Crippen molar-refractivity contribution in [2.45, 2.75) is 75.0 Å². The number of aryl methyl sites for hydroxylation is 2. The minimum absolute atomic E-state index is 0. The number of carbonyl (C=O) groups is 1. The van der Waals surface area contributed by atoms with Crippen LogP contribution in [0.3, 0.4) is 0 Å². The van der Waals surface area contributed by atoms with Crippen LogP contribution in [0.4, 0.5) is 0 Å². The minimum Gasteiger partial charge on any atom is -0.512 e. The smallest absolute Gasteiger partial charge is 0.164 e. The van der Waals surface area contributed by atoms with Gasteiger partial charge in [0.25, 0.3) is 0 Å². The maximum Gasteiger partial charge on any atom is 0.164 e. The average Bonchev–Trinajstić information content (AvgIpc) is 2.86. The zero-order valence-corrected chi connectivity index (χ0v) is 30.3. The molecule has 0 saturated carbocycles. The predicted octanol–water partition coefficient (Wildman–Crippen LogP) is 9.01. The molecule has 2 heterocycles. The Balaban J connectivity index is 0.000000377. The largest absolute Gasteiger partial charge is 0.512 e. The van der Waals surface area contributed by atoms with Crippen molar-refractivity contribution in [1.82, 2.24) is 9.97 Å². The van der Waals surface area contributed by atoms with E-state index >= 15 is 0 Å². The number of nitrogens with zero attached hydrogens (tertiary/aromatic N) is 2. The molecule has 0 aliphatic rings. The SMILES string of the molecule is CC(C)(C)C(=O)/C=C(\O)C(C)(C)C.Cc1[c-]c(-c2cc(-c3ccncc3)c3cc([Si](C)(C)C)ccc3n2)cc(C)c1.[Ir]. The van der Waals surface area contributed by atoms with Gasteiger partial charge in [0.1, 0.15) is 5.76 Å². The van der Waals surface area contributed by atoms with E-state index in [0.717, 1.165) is 22.3 Å². The molecular weight excluding hydrogens is 713 g/mol. The van der Waals surface area contributed by atoms with E-state index in [1.54, 1.807) is 0 Å². The molecule has 1 radical (unpaired) electrons. The molecule has 42 heavy (non-hydrogen) atoms. The number of hydrogen-bond acceptors (Lipinski definition) is 4. The van der Waals surface area contributed by atoms with E-state index in [2.05, 4.69) is 93.1 Å². The molecule has 0 amide bonds.